The molecule has 0 aromatic rings. The van der Waals surface area contributed by atoms with Crippen molar-refractivity contribution in [2.24, 2.45) is 5.73 Å². The maximum absolute atomic E-state index is 12.2. The van der Waals surface area contributed by atoms with Crippen molar-refractivity contribution < 1.29 is 14.7 Å². The summed E-state index contributed by atoms with van der Waals surface area (Å²) in [6.45, 7) is 2.05. The highest BCUT2D eigenvalue weighted by atomic mass is 16.4. The summed E-state index contributed by atoms with van der Waals surface area (Å²) in [6, 6.07) is 0.252. The van der Waals surface area contributed by atoms with E-state index in [1.807, 2.05) is 0 Å². The zero-order chi connectivity index (χ0) is 14.6. The maximum atomic E-state index is 12.2. The van der Waals surface area contributed by atoms with Crippen LogP contribution in [0, 0.1) is 0 Å². The van der Waals surface area contributed by atoms with Crippen molar-refractivity contribution in [2.45, 2.75) is 56.5 Å². The number of hydrogen-bond donors (Lipinski definition) is 3. The number of amides is 1. The van der Waals surface area contributed by atoms with Crippen molar-refractivity contribution in [1.29, 1.82) is 0 Å². The Morgan fingerprint density at radius 1 is 1.25 bits per heavy atom. The van der Waals surface area contributed by atoms with Gasteiger partial charge in [-0.2, -0.15) is 0 Å². The fourth-order valence-electron chi connectivity index (χ4n) is 3.34. The molecule has 1 saturated heterocycles. The largest absolute Gasteiger partial charge is 0.481 e. The minimum absolute atomic E-state index is 0.0314. The van der Waals surface area contributed by atoms with Gasteiger partial charge in [0.15, 0.2) is 0 Å². The van der Waals surface area contributed by atoms with Crippen LogP contribution < -0.4 is 11.1 Å². The molecule has 0 aromatic carbocycles. The molecule has 1 amide bonds. The van der Waals surface area contributed by atoms with E-state index >= 15 is 0 Å². The third-order valence-electron chi connectivity index (χ3n) is 4.45. The van der Waals surface area contributed by atoms with Gasteiger partial charge < -0.3 is 16.2 Å². The van der Waals surface area contributed by atoms with Crippen LogP contribution in [0.4, 0.5) is 0 Å². The SMILES string of the molecule is NC1CCN(CC(=O)NC2(CC(=O)O)CCCC2)CC1. The Morgan fingerprint density at radius 3 is 2.40 bits per heavy atom. The van der Waals surface area contributed by atoms with Gasteiger partial charge in [0.25, 0.3) is 0 Å². The molecular formula is C14H25N3O3. The van der Waals surface area contributed by atoms with Crippen LogP contribution in [0.2, 0.25) is 0 Å². The molecule has 2 rings (SSSR count). The fourth-order valence-corrected chi connectivity index (χ4v) is 3.34. The standard InChI is InChI=1S/C14H25N3O3/c15-11-3-7-17(8-4-11)10-12(18)16-14(9-13(19)20)5-1-2-6-14/h11H,1-10,15H2,(H,16,18)(H,19,20). The van der Waals surface area contributed by atoms with Crippen LogP contribution in [0.1, 0.15) is 44.9 Å². The number of carboxylic acids is 1. The number of aliphatic carboxylic acids is 1. The van der Waals surface area contributed by atoms with Crippen molar-refractivity contribution in [2.75, 3.05) is 19.6 Å². The van der Waals surface area contributed by atoms with Crippen molar-refractivity contribution in [3.05, 3.63) is 0 Å². The lowest BCUT2D eigenvalue weighted by Gasteiger charge is -2.32. The number of hydrogen-bond acceptors (Lipinski definition) is 4. The highest BCUT2D eigenvalue weighted by molar-refractivity contribution is 5.80. The maximum Gasteiger partial charge on any atom is 0.305 e. The quantitative estimate of drug-likeness (QED) is 0.675. The second-order valence-corrected chi connectivity index (χ2v) is 6.22. The average Bonchev–Trinajstić information content (AvgIpc) is 2.79. The van der Waals surface area contributed by atoms with Gasteiger partial charge in [-0.25, -0.2) is 0 Å². The molecule has 20 heavy (non-hydrogen) atoms. The molecule has 2 aliphatic rings. The number of piperidine rings is 1. The molecular weight excluding hydrogens is 258 g/mol. The Hall–Kier alpha value is -1.14. The summed E-state index contributed by atoms with van der Waals surface area (Å²) in [7, 11) is 0. The minimum atomic E-state index is -0.837. The zero-order valence-corrected chi connectivity index (χ0v) is 11.9. The molecule has 0 bridgehead atoms. The molecule has 1 aliphatic carbocycles. The Morgan fingerprint density at radius 2 is 1.85 bits per heavy atom. The zero-order valence-electron chi connectivity index (χ0n) is 11.9. The Kier molecular flexibility index (Phi) is 4.99. The molecule has 1 saturated carbocycles. The van der Waals surface area contributed by atoms with Gasteiger partial charge in [-0.3, -0.25) is 14.5 Å². The molecule has 0 atom stereocenters. The van der Waals surface area contributed by atoms with Crippen molar-refractivity contribution in [3.63, 3.8) is 0 Å². The number of nitrogens with zero attached hydrogens (tertiary/aromatic N) is 1. The molecule has 0 spiro atoms. The second kappa shape index (κ2) is 6.54. The first kappa shape index (κ1) is 15.3. The van der Waals surface area contributed by atoms with Crippen LogP contribution in [0.15, 0.2) is 0 Å². The number of carboxylic acid groups (broad SMARTS) is 1. The second-order valence-electron chi connectivity index (χ2n) is 6.22. The van der Waals surface area contributed by atoms with Gasteiger partial charge in [0.1, 0.15) is 0 Å². The van der Waals surface area contributed by atoms with Gasteiger partial charge in [-0.15, -0.1) is 0 Å². The lowest BCUT2D eigenvalue weighted by atomic mass is 9.93. The molecule has 1 aliphatic heterocycles. The summed E-state index contributed by atoms with van der Waals surface area (Å²) in [5, 5.41) is 12.0. The Bertz CT molecular complexity index is 359. The monoisotopic (exact) mass is 283 g/mol. The molecule has 114 valence electrons. The summed E-state index contributed by atoms with van der Waals surface area (Å²) in [4.78, 5) is 25.3. The topological polar surface area (TPSA) is 95.7 Å². The van der Waals surface area contributed by atoms with E-state index in [1.165, 1.54) is 0 Å². The summed E-state index contributed by atoms with van der Waals surface area (Å²) < 4.78 is 0. The average molecular weight is 283 g/mol. The number of nitrogens with two attached hydrogens (primary N) is 1. The van der Waals surface area contributed by atoms with Gasteiger partial charge in [0, 0.05) is 19.1 Å². The predicted molar refractivity (Wildman–Crippen MR) is 75.2 cm³/mol. The van der Waals surface area contributed by atoms with Gasteiger partial charge >= 0.3 is 5.97 Å². The molecule has 0 aromatic heterocycles. The van der Waals surface area contributed by atoms with Crippen LogP contribution in [-0.4, -0.2) is 53.1 Å². The van der Waals surface area contributed by atoms with E-state index in [4.69, 9.17) is 10.8 Å². The van der Waals surface area contributed by atoms with E-state index in [9.17, 15) is 9.59 Å². The van der Waals surface area contributed by atoms with E-state index in [1.54, 1.807) is 0 Å². The minimum Gasteiger partial charge on any atom is -0.481 e. The van der Waals surface area contributed by atoms with Gasteiger partial charge in [-0.1, -0.05) is 12.8 Å². The third-order valence-corrected chi connectivity index (χ3v) is 4.45. The Balaban J connectivity index is 1.84. The molecule has 2 fully saturated rings. The van der Waals surface area contributed by atoms with Gasteiger partial charge in [0.2, 0.25) is 5.91 Å². The third kappa shape index (κ3) is 4.18. The highest BCUT2D eigenvalue weighted by Crippen LogP contribution is 2.32. The Labute approximate surface area is 119 Å². The smallest absolute Gasteiger partial charge is 0.305 e. The summed E-state index contributed by atoms with van der Waals surface area (Å²) in [5.41, 5.74) is 5.32. The molecule has 0 radical (unpaired) electrons. The summed E-state index contributed by atoms with van der Waals surface area (Å²) in [5.74, 6) is -0.889. The number of carbonyl (C=O) groups is 2. The van der Waals surface area contributed by atoms with E-state index in [2.05, 4.69) is 10.2 Å². The van der Waals surface area contributed by atoms with Crippen LogP contribution >= 0.6 is 0 Å². The highest BCUT2D eigenvalue weighted by Gasteiger charge is 2.37. The molecule has 4 N–H and O–H groups in total. The summed E-state index contributed by atoms with van der Waals surface area (Å²) >= 11 is 0. The first-order chi connectivity index (χ1) is 9.49. The van der Waals surface area contributed by atoms with Crippen molar-refractivity contribution in [3.8, 4) is 0 Å². The lowest BCUT2D eigenvalue weighted by Crippen LogP contribution is -2.52. The predicted octanol–water partition coefficient (Wildman–Crippen LogP) is 0.313. The van der Waals surface area contributed by atoms with E-state index in [-0.39, 0.29) is 18.4 Å². The first-order valence-corrected chi connectivity index (χ1v) is 7.50. The van der Waals surface area contributed by atoms with E-state index < -0.39 is 11.5 Å². The van der Waals surface area contributed by atoms with Crippen LogP contribution in [-0.2, 0) is 9.59 Å². The number of rotatable bonds is 5. The van der Waals surface area contributed by atoms with Crippen LogP contribution in [0.3, 0.4) is 0 Å². The number of nitrogens with one attached hydrogen (secondary N) is 1. The lowest BCUT2D eigenvalue weighted by molar-refractivity contribution is -0.139. The van der Waals surface area contributed by atoms with Crippen LogP contribution in [0.5, 0.6) is 0 Å². The normalized spacial score (nSPS) is 23.6. The van der Waals surface area contributed by atoms with E-state index in [0.717, 1.165) is 51.6 Å². The van der Waals surface area contributed by atoms with E-state index in [0.29, 0.717) is 6.54 Å². The van der Waals surface area contributed by atoms with Crippen molar-refractivity contribution in [1.82, 2.24) is 10.2 Å². The fraction of sp³-hybridized carbons (Fsp3) is 0.857. The van der Waals surface area contributed by atoms with Crippen molar-refractivity contribution >= 4 is 11.9 Å². The first-order valence-electron chi connectivity index (χ1n) is 7.50. The van der Waals surface area contributed by atoms with Crippen LogP contribution in [0.25, 0.3) is 0 Å². The molecule has 6 heteroatoms. The number of likely N-dealkylation sites (tertiary alicyclic amines) is 1. The summed E-state index contributed by atoms with van der Waals surface area (Å²) in [6.07, 6.45) is 5.41. The molecule has 1 heterocycles. The van der Waals surface area contributed by atoms with Gasteiger partial charge in [0.05, 0.1) is 18.5 Å². The number of carbonyl (C=O) groups excluding carboxylic acids is 1. The van der Waals surface area contributed by atoms with Gasteiger partial charge in [-0.05, 0) is 25.7 Å². The molecule has 6 nitrogen and oxygen atoms in total. The molecule has 0 unspecified atom stereocenters.